The second-order valence-corrected chi connectivity index (χ2v) is 7.89. The van der Waals surface area contributed by atoms with Crippen LogP contribution in [0.3, 0.4) is 0 Å². The minimum atomic E-state index is 0.393. The number of epoxide rings is 1. The summed E-state index contributed by atoms with van der Waals surface area (Å²) in [6.07, 6.45) is 4.49. The zero-order chi connectivity index (χ0) is 10.4. The molecule has 0 aromatic heterocycles. The fraction of sp³-hybridized carbons (Fsp3) is 1.00. The number of thioether (sulfide) groups is 2. The monoisotopic (exact) mass is 234 g/mol. The van der Waals surface area contributed by atoms with E-state index in [1.807, 2.05) is 0 Å². The topological polar surface area (TPSA) is 12.5 Å². The van der Waals surface area contributed by atoms with E-state index in [4.69, 9.17) is 4.74 Å². The van der Waals surface area contributed by atoms with Gasteiger partial charge in [0.05, 0.1) is 16.8 Å². The van der Waals surface area contributed by atoms with Gasteiger partial charge >= 0.3 is 0 Å². The number of rotatable bonds is 8. The smallest absolute Gasteiger partial charge is 0.0817 e. The summed E-state index contributed by atoms with van der Waals surface area (Å²) in [5.74, 6) is 2.55. The molecule has 1 rings (SSSR count). The first-order valence-corrected chi connectivity index (χ1v) is 7.50. The van der Waals surface area contributed by atoms with Gasteiger partial charge < -0.3 is 4.74 Å². The Hall–Kier alpha value is 0.660. The van der Waals surface area contributed by atoms with Crippen LogP contribution >= 0.6 is 23.5 Å². The Labute approximate surface area is 96.7 Å². The highest BCUT2D eigenvalue weighted by Gasteiger charge is 2.24. The molecule has 0 N–H and O–H groups in total. The van der Waals surface area contributed by atoms with Crippen molar-refractivity contribution in [2.24, 2.45) is 0 Å². The Bertz CT molecular complexity index is 155. The molecule has 0 saturated carbocycles. The van der Waals surface area contributed by atoms with Gasteiger partial charge in [0.1, 0.15) is 0 Å². The molecule has 1 saturated heterocycles. The molecule has 1 atom stereocenters. The molecule has 1 aliphatic rings. The minimum absolute atomic E-state index is 0.393. The van der Waals surface area contributed by atoms with Gasteiger partial charge in [-0.2, -0.15) is 0 Å². The fourth-order valence-electron chi connectivity index (χ4n) is 1.17. The molecule has 1 nitrogen and oxygen atoms in total. The Balaban J connectivity index is 1.99. The summed E-state index contributed by atoms with van der Waals surface area (Å²) in [5.41, 5.74) is 0. The molecule has 14 heavy (non-hydrogen) atoms. The van der Waals surface area contributed by atoms with E-state index in [0.29, 0.717) is 10.2 Å². The van der Waals surface area contributed by atoms with Crippen LogP contribution in [0.5, 0.6) is 0 Å². The number of hydrogen-bond donors (Lipinski definition) is 0. The summed E-state index contributed by atoms with van der Waals surface area (Å²) in [7, 11) is 0. The molecule has 0 spiro atoms. The van der Waals surface area contributed by atoms with E-state index in [-0.39, 0.29) is 0 Å². The Morgan fingerprint density at radius 1 is 1.29 bits per heavy atom. The first-order chi connectivity index (χ1) is 6.64. The van der Waals surface area contributed by atoms with Crippen LogP contribution in [0, 0.1) is 0 Å². The van der Waals surface area contributed by atoms with E-state index >= 15 is 0 Å². The van der Waals surface area contributed by atoms with Gasteiger partial charge in [-0.15, -0.1) is 23.5 Å². The summed E-state index contributed by atoms with van der Waals surface area (Å²) in [6.45, 7) is 7.94. The SMILES string of the molecule is CCCCSC(C)(C)SCCC1CO1. The standard InChI is InChI=1S/C11H22OS2/c1-4-5-7-13-11(2,3)14-8-6-10-9-12-10/h10H,4-9H2,1-3H3. The lowest BCUT2D eigenvalue weighted by atomic mass is 10.4. The number of hydrogen-bond acceptors (Lipinski definition) is 3. The van der Waals surface area contributed by atoms with Crippen molar-refractivity contribution in [3.63, 3.8) is 0 Å². The van der Waals surface area contributed by atoms with Gasteiger partial charge in [0, 0.05) is 0 Å². The van der Waals surface area contributed by atoms with Crippen molar-refractivity contribution >= 4 is 23.5 Å². The molecule has 84 valence electrons. The molecule has 0 bridgehead atoms. The largest absolute Gasteiger partial charge is 0.373 e. The third-order valence-corrected chi connectivity index (χ3v) is 5.27. The maximum atomic E-state index is 5.20. The van der Waals surface area contributed by atoms with E-state index in [1.165, 1.54) is 30.8 Å². The molecule has 0 amide bonds. The molecule has 1 unspecified atom stereocenters. The van der Waals surface area contributed by atoms with E-state index in [2.05, 4.69) is 44.3 Å². The Kier molecular flexibility index (Phi) is 5.72. The molecule has 0 aliphatic carbocycles. The number of ether oxygens (including phenoxy) is 1. The van der Waals surface area contributed by atoms with Crippen LogP contribution in [0.1, 0.15) is 40.0 Å². The van der Waals surface area contributed by atoms with Gasteiger partial charge in [-0.3, -0.25) is 0 Å². The zero-order valence-electron chi connectivity index (χ0n) is 9.54. The summed E-state index contributed by atoms with van der Waals surface area (Å²) in [4.78, 5) is 0. The molecule has 3 heteroatoms. The lowest BCUT2D eigenvalue weighted by Crippen LogP contribution is -2.11. The summed E-state index contributed by atoms with van der Waals surface area (Å²) >= 11 is 4.18. The molecule has 1 aliphatic heterocycles. The van der Waals surface area contributed by atoms with E-state index < -0.39 is 0 Å². The van der Waals surface area contributed by atoms with Crippen LogP contribution in [0.2, 0.25) is 0 Å². The van der Waals surface area contributed by atoms with Gasteiger partial charge in [-0.1, -0.05) is 13.3 Å². The second kappa shape index (κ2) is 6.29. The Morgan fingerprint density at radius 2 is 1.93 bits per heavy atom. The van der Waals surface area contributed by atoms with Crippen molar-refractivity contribution in [1.29, 1.82) is 0 Å². The quantitative estimate of drug-likeness (QED) is 0.360. The molecular weight excluding hydrogens is 212 g/mol. The molecule has 1 heterocycles. The van der Waals surface area contributed by atoms with Crippen molar-refractivity contribution < 1.29 is 4.74 Å². The van der Waals surface area contributed by atoms with Gasteiger partial charge in [-0.05, 0) is 38.2 Å². The summed E-state index contributed by atoms with van der Waals surface area (Å²) < 4.78 is 5.59. The van der Waals surface area contributed by atoms with Crippen LogP contribution in [0.15, 0.2) is 0 Å². The van der Waals surface area contributed by atoms with Crippen LogP contribution in [0.25, 0.3) is 0 Å². The first kappa shape index (κ1) is 12.7. The predicted molar refractivity (Wildman–Crippen MR) is 68.3 cm³/mol. The van der Waals surface area contributed by atoms with E-state index in [1.54, 1.807) is 0 Å². The average molecular weight is 234 g/mol. The second-order valence-electron chi connectivity index (χ2n) is 4.19. The average Bonchev–Trinajstić information content (AvgIpc) is 2.88. The van der Waals surface area contributed by atoms with Crippen molar-refractivity contribution in [3.05, 3.63) is 0 Å². The predicted octanol–water partition coefficient (Wildman–Crippen LogP) is 3.78. The van der Waals surface area contributed by atoms with E-state index in [0.717, 1.165) is 6.61 Å². The van der Waals surface area contributed by atoms with Crippen LogP contribution < -0.4 is 0 Å². The normalized spacial score (nSPS) is 21.2. The highest BCUT2D eigenvalue weighted by Crippen LogP contribution is 2.37. The summed E-state index contributed by atoms with van der Waals surface area (Å²) in [5, 5.41) is 0. The lowest BCUT2D eigenvalue weighted by Gasteiger charge is -2.23. The van der Waals surface area contributed by atoms with Crippen molar-refractivity contribution in [2.45, 2.75) is 50.2 Å². The molecule has 1 fully saturated rings. The van der Waals surface area contributed by atoms with E-state index in [9.17, 15) is 0 Å². The highest BCUT2D eigenvalue weighted by molar-refractivity contribution is 8.18. The number of unbranched alkanes of at least 4 members (excludes halogenated alkanes) is 1. The van der Waals surface area contributed by atoms with Crippen molar-refractivity contribution in [3.8, 4) is 0 Å². The zero-order valence-corrected chi connectivity index (χ0v) is 11.2. The maximum absolute atomic E-state index is 5.20. The lowest BCUT2D eigenvalue weighted by molar-refractivity contribution is 0.404. The molecule has 0 aromatic rings. The Morgan fingerprint density at radius 3 is 2.50 bits per heavy atom. The van der Waals surface area contributed by atoms with Gasteiger partial charge in [0.25, 0.3) is 0 Å². The van der Waals surface area contributed by atoms with Crippen molar-refractivity contribution in [1.82, 2.24) is 0 Å². The first-order valence-electron chi connectivity index (χ1n) is 5.53. The van der Waals surface area contributed by atoms with Crippen LogP contribution in [-0.2, 0) is 4.74 Å². The van der Waals surface area contributed by atoms with Crippen molar-refractivity contribution in [2.75, 3.05) is 18.1 Å². The third kappa shape index (κ3) is 6.20. The highest BCUT2D eigenvalue weighted by atomic mass is 32.2. The van der Waals surface area contributed by atoms with Gasteiger partial charge in [-0.25, -0.2) is 0 Å². The summed E-state index contributed by atoms with van der Waals surface area (Å²) in [6, 6.07) is 0. The molecular formula is C11H22OS2. The van der Waals surface area contributed by atoms with Crippen LogP contribution in [-0.4, -0.2) is 28.3 Å². The van der Waals surface area contributed by atoms with Gasteiger partial charge in [0.2, 0.25) is 0 Å². The third-order valence-electron chi connectivity index (χ3n) is 2.24. The minimum Gasteiger partial charge on any atom is -0.373 e. The maximum Gasteiger partial charge on any atom is 0.0817 e. The molecule has 0 aromatic carbocycles. The van der Waals surface area contributed by atoms with Gasteiger partial charge in [0.15, 0.2) is 0 Å². The fourth-order valence-corrected chi connectivity index (χ4v) is 3.81. The van der Waals surface area contributed by atoms with Crippen LogP contribution in [0.4, 0.5) is 0 Å². The molecule has 0 radical (unpaired) electrons.